The summed E-state index contributed by atoms with van der Waals surface area (Å²) in [5.74, 6) is 0.0694. The molecule has 1 N–H and O–H groups in total. The lowest BCUT2D eigenvalue weighted by Gasteiger charge is -2.26. The van der Waals surface area contributed by atoms with Crippen molar-refractivity contribution in [3.8, 4) is 6.07 Å². The zero-order valence-electron chi connectivity index (χ0n) is 11.7. The molecule has 104 valence electrons. The quantitative estimate of drug-likeness (QED) is 0.663. The summed E-state index contributed by atoms with van der Waals surface area (Å²) in [6.45, 7) is 6.35. The molecule has 0 aromatic rings. The highest BCUT2D eigenvalue weighted by Gasteiger charge is 2.13. The minimum Gasteiger partial charge on any atom is -0.396 e. The SMILES string of the molecule is CC(C)N(CCCO)CCC(=O)N(C)CCC#N. The summed E-state index contributed by atoms with van der Waals surface area (Å²) >= 11 is 0. The van der Waals surface area contributed by atoms with E-state index < -0.39 is 0 Å². The molecule has 0 bridgehead atoms. The van der Waals surface area contributed by atoms with Crippen LogP contribution in [0.2, 0.25) is 0 Å². The summed E-state index contributed by atoms with van der Waals surface area (Å²) in [5.41, 5.74) is 0. The molecule has 0 saturated heterocycles. The Hall–Kier alpha value is -1.12. The van der Waals surface area contributed by atoms with Crippen molar-refractivity contribution in [2.45, 2.75) is 39.2 Å². The lowest BCUT2D eigenvalue weighted by Crippen LogP contribution is -2.37. The third kappa shape index (κ3) is 7.25. The second-order valence-corrected chi connectivity index (χ2v) is 4.68. The highest BCUT2D eigenvalue weighted by atomic mass is 16.3. The molecule has 1 amide bonds. The first-order chi connectivity index (χ1) is 8.52. The number of amides is 1. The first kappa shape index (κ1) is 16.9. The zero-order valence-corrected chi connectivity index (χ0v) is 11.7. The Morgan fingerprint density at radius 3 is 2.50 bits per heavy atom. The van der Waals surface area contributed by atoms with Crippen LogP contribution in [-0.4, -0.2) is 60.1 Å². The van der Waals surface area contributed by atoms with Crippen molar-refractivity contribution < 1.29 is 9.90 Å². The molecule has 0 radical (unpaired) electrons. The number of nitriles is 1. The molecule has 5 heteroatoms. The van der Waals surface area contributed by atoms with E-state index in [1.807, 2.05) is 6.07 Å². The molecule has 0 heterocycles. The molecule has 0 spiro atoms. The highest BCUT2D eigenvalue weighted by molar-refractivity contribution is 5.76. The number of carbonyl (C=O) groups excluding carboxylic acids is 1. The van der Waals surface area contributed by atoms with Crippen LogP contribution in [0.4, 0.5) is 0 Å². The molecule has 0 rings (SSSR count). The van der Waals surface area contributed by atoms with E-state index in [0.717, 1.165) is 13.0 Å². The van der Waals surface area contributed by atoms with Gasteiger partial charge in [-0.3, -0.25) is 4.79 Å². The lowest BCUT2D eigenvalue weighted by atomic mass is 10.2. The molecular formula is C13H25N3O2. The Morgan fingerprint density at radius 2 is 2.00 bits per heavy atom. The number of carbonyl (C=O) groups is 1. The maximum Gasteiger partial charge on any atom is 0.223 e. The summed E-state index contributed by atoms with van der Waals surface area (Å²) in [6, 6.07) is 2.40. The molecule has 0 aliphatic rings. The van der Waals surface area contributed by atoms with Gasteiger partial charge < -0.3 is 14.9 Å². The van der Waals surface area contributed by atoms with Crippen LogP contribution < -0.4 is 0 Å². The monoisotopic (exact) mass is 255 g/mol. The molecule has 0 aliphatic heterocycles. The molecule has 0 atom stereocenters. The van der Waals surface area contributed by atoms with Gasteiger partial charge in [-0.25, -0.2) is 0 Å². The summed E-state index contributed by atoms with van der Waals surface area (Å²) in [4.78, 5) is 15.6. The number of rotatable bonds is 9. The summed E-state index contributed by atoms with van der Waals surface area (Å²) in [7, 11) is 1.73. The third-order valence-corrected chi connectivity index (χ3v) is 2.93. The molecule has 0 saturated carbocycles. The summed E-state index contributed by atoms with van der Waals surface area (Å²) in [6.07, 6.45) is 1.57. The molecule has 0 aromatic heterocycles. The van der Waals surface area contributed by atoms with Crippen molar-refractivity contribution in [3.05, 3.63) is 0 Å². The van der Waals surface area contributed by atoms with E-state index in [1.54, 1.807) is 11.9 Å². The largest absolute Gasteiger partial charge is 0.396 e. The van der Waals surface area contributed by atoms with Gasteiger partial charge in [-0.1, -0.05) is 0 Å². The van der Waals surface area contributed by atoms with Crippen molar-refractivity contribution >= 4 is 5.91 Å². The highest BCUT2D eigenvalue weighted by Crippen LogP contribution is 2.03. The van der Waals surface area contributed by atoms with Crippen LogP contribution in [0.25, 0.3) is 0 Å². The van der Waals surface area contributed by atoms with Crippen molar-refractivity contribution in [1.82, 2.24) is 9.80 Å². The van der Waals surface area contributed by atoms with Crippen LogP contribution in [0.15, 0.2) is 0 Å². The summed E-state index contributed by atoms with van der Waals surface area (Å²) < 4.78 is 0. The average Bonchev–Trinajstić information content (AvgIpc) is 2.35. The first-order valence-electron chi connectivity index (χ1n) is 6.48. The number of hydrogen-bond donors (Lipinski definition) is 1. The van der Waals surface area contributed by atoms with Gasteiger partial charge in [0.15, 0.2) is 0 Å². The van der Waals surface area contributed by atoms with E-state index in [4.69, 9.17) is 10.4 Å². The van der Waals surface area contributed by atoms with Crippen LogP contribution in [0.3, 0.4) is 0 Å². The first-order valence-corrected chi connectivity index (χ1v) is 6.48. The maximum atomic E-state index is 11.8. The van der Waals surface area contributed by atoms with E-state index >= 15 is 0 Å². The minimum absolute atomic E-state index is 0.0694. The molecule has 0 aromatic carbocycles. The lowest BCUT2D eigenvalue weighted by molar-refractivity contribution is -0.130. The van der Waals surface area contributed by atoms with Crippen LogP contribution in [0.5, 0.6) is 0 Å². The van der Waals surface area contributed by atoms with E-state index in [0.29, 0.717) is 32.0 Å². The predicted octanol–water partition coefficient (Wildman–Crippen LogP) is 0.841. The Balaban J connectivity index is 4.02. The fourth-order valence-corrected chi connectivity index (χ4v) is 1.67. The van der Waals surface area contributed by atoms with Gasteiger partial charge in [0.2, 0.25) is 5.91 Å². The van der Waals surface area contributed by atoms with Gasteiger partial charge in [0, 0.05) is 45.8 Å². The van der Waals surface area contributed by atoms with Gasteiger partial charge >= 0.3 is 0 Å². The Kier molecular flexibility index (Phi) is 9.25. The molecule has 0 aliphatic carbocycles. The Bertz CT molecular complexity index is 274. The van der Waals surface area contributed by atoms with Gasteiger partial charge in [-0.2, -0.15) is 5.26 Å². The number of aliphatic hydroxyl groups excluding tert-OH is 1. The average molecular weight is 255 g/mol. The van der Waals surface area contributed by atoms with Gasteiger partial charge in [-0.05, 0) is 20.3 Å². The second kappa shape index (κ2) is 9.86. The second-order valence-electron chi connectivity index (χ2n) is 4.68. The maximum absolute atomic E-state index is 11.8. The van der Waals surface area contributed by atoms with Gasteiger partial charge in [0.25, 0.3) is 0 Å². The van der Waals surface area contributed by atoms with Crippen molar-refractivity contribution in [2.24, 2.45) is 0 Å². The smallest absolute Gasteiger partial charge is 0.223 e. The van der Waals surface area contributed by atoms with E-state index in [9.17, 15) is 4.79 Å². The van der Waals surface area contributed by atoms with Crippen LogP contribution in [-0.2, 0) is 4.79 Å². The number of nitrogens with zero attached hydrogens (tertiary/aromatic N) is 3. The van der Waals surface area contributed by atoms with Gasteiger partial charge in [-0.15, -0.1) is 0 Å². The van der Waals surface area contributed by atoms with Crippen LogP contribution in [0.1, 0.15) is 33.1 Å². The van der Waals surface area contributed by atoms with Crippen molar-refractivity contribution in [1.29, 1.82) is 5.26 Å². The van der Waals surface area contributed by atoms with E-state index in [2.05, 4.69) is 18.7 Å². The predicted molar refractivity (Wildman–Crippen MR) is 70.9 cm³/mol. The molecule has 18 heavy (non-hydrogen) atoms. The fraction of sp³-hybridized carbons (Fsp3) is 0.846. The normalized spacial score (nSPS) is 10.7. The standard InChI is InChI=1S/C13H25N3O2/c1-12(2)16(9-5-11-17)10-6-13(18)15(3)8-4-7-14/h12,17H,4-6,8-11H2,1-3H3. The summed E-state index contributed by atoms with van der Waals surface area (Å²) in [5, 5.41) is 17.3. The Morgan fingerprint density at radius 1 is 1.33 bits per heavy atom. The molecule has 5 nitrogen and oxygen atoms in total. The molecule has 0 fully saturated rings. The van der Waals surface area contributed by atoms with Crippen molar-refractivity contribution in [2.75, 3.05) is 33.3 Å². The van der Waals surface area contributed by atoms with Gasteiger partial charge in [0.1, 0.15) is 0 Å². The van der Waals surface area contributed by atoms with Crippen LogP contribution in [0, 0.1) is 11.3 Å². The third-order valence-electron chi connectivity index (χ3n) is 2.93. The minimum atomic E-state index is 0.0694. The topological polar surface area (TPSA) is 67.6 Å². The zero-order chi connectivity index (χ0) is 14.0. The molecule has 0 unspecified atom stereocenters. The van der Waals surface area contributed by atoms with Crippen molar-refractivity contribution in [3.63, 3.8) is 0 Å². The van der Waals surface area contributed by atoms with Gasteiger partial charge in [0.05, 0.1) is 12.5 Å². The number of aliphatic hydroxyl groups is 1. The van der Waals surface area contributed by atoms with Crippen LogP contribution >= 0.6 is 0 Å². The Labute approximate surface area is 110 Å². The van der Waals surface area contributed by atoms with E-state index in [-0.39, 0.29) is 12.5 Å². The fourth-order valence-electron chi connectivity index (χ4n) is 1.67. The van der Waals surface area contributed by atoms with E-state index in [1.165, 1.54) is 0 Å². The number of hydrogen-bond acceptors (Lipinski definition) is 4. The molecular weight excluding hydrogens is 230 g/mol.